The number of hydrazone groups is 1. The zero-order valence-electron chi connectivity index (χ0n) is 16.1. The predicted molar refractivity (Wildman–Crippen MR) is 116 cm³/mol. The van der Waals surface area contributed by atoms with Crippen LogP contribution in [0.5, 0.6) is 0 Å². The summed E-state index contributed by atoms with van der Waals surface area (Å²) in [5.41, 5.74) is 6.96. The van der Waals surface area contributed by atoms with Gasteiger partial charge in [0.05, 0.1) is 16.3 Å². The van der Waals surface area contributed by atoms with Crippen molar-refractivity contribution in [1.82, 2.24) is 0 Å². The van der Waals surface area contributed by atoms with Gasteiger partial charge in [0, 0.05) is 25.0 Å². The minimum atomic E-state index is -4.19. The van der Waals surface area contributed by atoms with Crippen LogP contribution in [0, 0.1) is 6.92 Å². The number of nitrogens with zero attached hydrogens (tertiary/aromatic N) is 2. The fourth-order valence-corrected chi connectivity index (χ4v) is 4.72. The Morgan fingerprint density at radius 1 is 1.17 bits per heavy atom. The summed E-state index contributed by atoms with van der Waals surface area (Å²) in [6.45, 7) is 2.94. The number of aromatic nitrogens is 1. The molecule has 6 nitrogen and oxygen atoms in total. The van der Waals surface area contributed by atoms with Crippen LogP contribution >= 0.6 is 11.3 Å². The van der Waals surface area contributed by atoms with Crippen molar-refractivity contribution >= 4 is 43.1 Å². The number of allylic oxidation sites excluding steroid dienone is 4. The second-order valence-electron chi connectivity index (χ2n) is 6.75. The van der Waals surface area contributed by atoms with Crippen molar-refractivity contribution in [3.63, 3.8) is 0 Å². The molecule has 1 aliphatic carbocycles. The van der Waals surface area contributed by atoms with E-state index >= 15 is 0 Å². The highest BCUT2D eigenvalue weighted by Gasteiger charge is 2.19. The molecule has 1 aliphatic rings. The maximum Gasteiger partial charge on any atom is 0.294 e. The molecule has 0 saturated carbocycles. The van der Waals surface area contributed by atoms with Crippen LogP contribution in [0.15, 0.2) is 82.3 Å². The van der Waals surface area contributed by atoms with Gasteiger partial charge in [0.1, 0.15) is 4.70 Å². The molecule has 1 heterocycles. The smallest absolute Gasteiger partial charge is 0.294 e. The lowest BCUT2D eigenvalue weighted by Gasteiger charge is -2.10. The van der Waals surface area contributed by atoms with Crippen molar-refractivity contribution in [1.29, 1.82) is 0 Å². The summed E-state index contributed by atoms with van der Waals surface area (Å²) in [4.78, 5) is -0.145. The molecule has 1 aromatic heterocycles. The van der Waals surface area contributed by atoms with Gasteiger partial charge in [0.25, 0.3) is 10.1 Å². The molecule has 4 rings (SSSR count). The third-order valence-corrected chi connectivity index (χ3v) is 6.61. The highest BCUT2D eigenvalue weighted by molar-refractivity contribution is 7.85. The van der Waals surface area contributed by atoms with E-state index in [2.05, 4.69) is 52.4 Å². The van der Waals surface area contributed by atoms with E-state index in [4.69, 9.17) is 4.55 Å². The fourth-order valence-electron chi connectivity index (χ4n) is 3.22. The Bertz CT molecular complexity index is 1260. The van der Waals surface area contributed by atoms with Gasteiger partial charge in [0.15, 0.2) is 6.54 Å². The lowest BCUT2D eigenvalue weighted by molar-refractivity contribution is -0.664. The first-order valence-corrected chi connectivity index (χ1v) is 11.3. The Balaban J connectivity index is 0.00000256. The Kier molecular flexibility index (Phi) is 7.06. The molecule has 0 amide bonds. The number of rotatable bonds is 5. The molecule has 0 spiro atoms. The number of fused-ring (bicyclic) bond motifs is 1. The summed E-state index contributed by atoms with van der Waals surface area (Å²) in [5.74, 6) is 0. The number of anilines is 1. The van der Waals surface area contributed by atoms with Crippen LogP contribution in [-0.2, 0) is 16.7 Å². The topological polar surface area (TPSA) is 82.6 Å². The zero-order valence-corrected chi connectivity index (χ0v) is 19.9. The molecule has 0 fully saturated rings. The Morgan fingerprint density at radius 2 is 1.90 bits per heavy atom. The van der Waals surface area contributed by atoms with Gasteiger partial charge < -0.3 is 24.0 Å². The van der Waals surface area contributed by atoms with Crippen LogP contribution in [0.1, 0.15) is 11.4 Å². The molecule has 2 aromatic carbocycles. The summed E-state index contributed by atoms with van der Waals surface area (Å²) in [7, 11) is -4.19. The summed E-state index contributed by atoms with van der Waals surface area (Å²) >= 11 is 1.79. The third-order valence-electron chi connectivity index (χ3n) is 4.66. The fraction of sp³-hybridized carbons (Fsp3) is 0.143. The second-order valence-corrected chi connectivity index (χ2v) is 9.41. The molecular weight excluding hydrogens is 533 g/mol. The predicted octanol–water partition coefficient (Wildman–Crippen LogP) is 1.10. The quantitative estimate of drug-likeness (QED) is 0.215. The zero-order chi connectivity index (χ0) is 20.4. The molecular formula is C21H20IN3O3S2. The highest BCUT2D eigenvalue weighted by Crippen LogP contribution is 2.21. The molecule has 2 N–H and O–H groups in total. The van der Waals surface area contributed by atoms with Gasteiger partial charge >= 0.3 is 0 Å². The van der Waals surface area contributed by atoms with Gasteiger partial charge in [-0.1, -0.05) is 35.6 Å². The minimum absolute atomic E-state index is 0. The van der Waals surface area contributed by atoms with Gasteiger partial charge in [-0.25, -0.2) is 0 Å². The Morgan fingerprint density at radius 3 is 2.63 bits per heavy atom. The van der Waals surface area contributed by atoms with Gasteiger partial charge in [0.2, 0.25) is 10.5 Å². The number of benzene rings is 2. The standard InChI is InChI=1S/C21H19N3O3S2.HI/c1-15-24(20-7-2-3-8-21(20)28-15)14-16-5-4-6-18(13-16)23-22-17-9-11-19(12-10-17)29(25,26)27;/h2-12,22H,13-14H2,1H3;1H. The first-order chi connectivity index (χ1) is 13.9. The molecule has 0 saturated heterocycles. The van der Waals surface area contributed by atoms with E-state index in [-0.39, 0.29) is 28.9 Å². The Hall–Kier alpha value is -2.08. The summed E-state index contributed by atoms with van der Waals surface area (Å²) < 4.78 is 34.9. The maximum atomic E-state index is 11.1. The van der Waals surface area contributed by atoms with Gasteiger partial charge in [-0.2, -0.15) is 18.1 Å². The lowest BCUT2D eigenvalue weighted by atomic mass is 10.0. The lowest BCUT2D eigenvalue weighted by Crippen LogP contribution is -3.00. The summed E-state index contributed by atoms with van der Waals surface area (Å²) in [5, 5.41) is 5.69. The number of hydrogen-bond acceptors (Lipinski definition) is 5. The van der Waals surface area contributed by atoms with Crippen LogP contribution in [0.3, 0.4) is 0 Å². The molecule has 0 atom stereocenters. The van der Waals surface area contributed by atoms with Gasteiger partial charge in [-0.05, 0) is 36.4 Å². The monoisotopic (exact) mass is 553 g/mol. The van der Waals surface area contributed by atoms with Crippen LogP contribution in [0.2, 0.25) is 0 Å². The molecule has 3 aromatic rings. The van der Waals surface area contributed by atoms with E-state index in [1.807, 2.05) is 12.2 Å². The minimum Gasteiger partial charge on any atom is -1.00 e. The first-order valence-electron chi connectivity index (χ1n) is 9.04. The van der Waals surface area contributed by atoms with Gasteiger partial charge in [-0.3, -0.25) is 9.98 Å². The van der Waals surface area contributed by atoms with Crippen molar-refractivity contribution < 1.29 is 41.5 Å². The number of hydrogen-bond donors (Lipinski definition) is 2. The van der Waals surface area contributed by atoms with Crippen LogP contribution in [0.25, 0.3) is 10.2 Å². The number of para-hydroxylation sites is 1. The van der Waals surface area contributed by atoms with E-state index in [0.29, 0.717) is 5.69 Å². The molecule has 30 heavy (non-hydrogen) atoms. The average molecular weight is 553 g/mol. The SMILES string of the molecule is Cc1sc2ccccc2[n+]1CC1=CC=CC(=NNc2ccc(S(=O)(=O)O)cc2)C1.[I-]. The summed E-state index contributed by atoms with van der Waals surface area (Å²) in [6, 6.07) is 14.2. The van der Waals surface area contributed by atoms with E-state index in [1.165, 1.54) is 32.9 Å². The number of halogens is 1. The molecule has 0 aliphatic heterocycles. The second kappa shape index (κ2) is 9.38. The molecule has 0 radical (unpaired) electrons. The molecule has 0 bridgehead atoms. The van der Waals surface area contributed by atoms with Crippen molar-refractivity contribution in [3.8, 4) is 0 Å². The van der Waals surface area contributed by atoms with E-state index in [0.717, 1.165) is 18.7 Å². The van der Waals surface area contributed by atoms with Crippen LogP contribution in [0.4, 0.5) is 5.69 Å². The van der Waals surface area contributed by atoms with Crippen molar-refractivity contribution in [2.45, 2.75) is 24.8 Å². The van der Waals surface area contributed by atoms with E-state index in [9.17, 15) is 8.42 Å². The van der Waals surface area contributed by atoms with Crippen molar-refractivity contribution in [3.05, 3.63) is 77.3 Å². The largest absolute Gasteiger partial charge is 1.00 e. The molecule has 156 valence electrons. The molecule has 0 unspecified atom stereocenters. The van der Waals surface area contributed by atoms with E-state index in [1.54, 1.807) is 23.5 Å². The molecule has 9 heteroatoms. The number of thiazole rings is 1. The van der Waals surface area contributed by atoms with Crippen molar-refractivity contribution in [2.24, 2.45) is 5.10 Å². The maximum absolute atomic E-state index is 11.1. The highest BCUT2D eigenvalue weighted by atomic mass is 127. The third kappa shape index (κ3) is 5.15. The van der Waals surface area contributed by atoms with Crippen molar-refractivity contribution in [2.75, 3.05) is 5.43 Å². The Labute approximate surface area is 196 Å². The first kappa shape index (κ1) is 22.6. The van der Waals surface area contributed by atoms with Gasteiger partial charge in [-0.15, -0.1) is 0 Å². The van der Waals surface area contributed by atoms with E-state index < -0.39 is 10.1 Å². The van der Waals surface area contributed by atoms with Crippen LogP contribution < -0.4 is 34.0 Å². The number of nitrogens with one attached hydrogen (secondary N) is 1. The average Bonchev–Trinajstić information content (AvgIpc) is 3.02. The normalized spacial score (nSPS) is 15.1. The number of aryl methyl sites for hydroxylation is 1. The summed E-state index contributed by atoms with van der Waals surface area (Å²) in [6.07, 6.45) is 6.79. The van der Waals surface area contributed by atoms with Crippen LogP contribution in [-0.4, -0.2) is 18.7 Å².